The second-order valence-corrected chi connectivity index (χ2v) is 6.93. The lowest BCUT2D eigenvalue weighted by Gasteiger charge is -2.13. The molecule has 0 bridgehead atoms. The molecule has 2 heterocycles. The highest BCUT2D eigenvalue weighted by Gasteiger charge is 2.13. The minimum Gasteiger partial charge on any atom is -0.354 e. The van der Waals surface area contributed by atoms with Gasteiger partial charge in [-0.25, -0.2) is 9.20 Å². The van der Waals surface area contributed by atoms with Crippen molar-refractivity contribution in [2.24, 2.45) is 0 Å². The molecule has 1 atom stereocenters. The summed E-state index contributed by atoms with van der Waals surface area (Å²) in [5, 5.41) is 11.4. The zero-order valence-corrected chi connectivity index (χ0v) is 16.0. The van der Waals surface area contributed by atoms with Gasteiger partial charge in [-0.15, -0.1) is 0 Å². The third-order valence-electron chi connectivity index (χ3n) is 4.83. The average Bonchev–Trinajstić information content (AvgIpc) is 3.20. The number of nitrogens with zero attached hydrogens (tertiary/aromatic N) is 4. The molecule has 2 aromatic carbocycles. The number of nitrogens with one attached hydrogen (secondary N) is 1. The number of fused-ring (bicyclic) bond motifs is 1. The highest BCUT2D eigenvalue weighted by molar-refractivity contribution is 5.75. The Bertz CT molecular complexity index is 1180. The zero-order valence-electron chi connectivity index (χ0n) is 16.0. The predicted molar refractivity (Wildman–Crippen MR) is 111 cm³/mol. The van der Waals surface area contributed by atoms with Gasteiger partial charge in [0, 0.05) is 12.1 Å². The van der Waals surface area contributed by atoms with Crippen LogP contribution in [0, 0.1) is 0 Å². The second-order valence-electron chi connectivity index (χ2n) is 6.93. The van der Waals surface area contributed by atoms with Gasteiger partial charge in [-0.1, -0.05) is 67.6 Å². The molecular weight excluding hydrogens is 366 g/mol. The Balaban J connectivity index is 1.47. The molecule has 0 unspecified atom stereocenters. The summed E-state index contributed by atoms with van der Waals surface area (Å²) >= 11 is 0. The van der Waals surface area contributed by atoms with Gasteiger partial charge in [0.05, 0.1) is 5.69 Å². The molecule has 0 aliphatic carbocycles. The molecule has 146 valence electrons. The Labute approximate surface area is 167 Å². The largest absolute Gasteiger partial charge is 0.354 e. The molecular formula is C22H21N5O2. The number of aromatic nitrogens is 4. The summed E-state index contributed by atoms with van der Waals surface area (Å²) in [5.41, 5.74) is 2.77. The molecule has 7 nitrogen and oxygen atoms in total. The van der Waals surface area contributed by atoms with E-state index in [0.717, 1.165) is 15.8 Å². The molecule has 2 aromatic heterocycles. The van der Waals surface area contributed by atoms with Crippen LogP contribution < -0.4 is 10.9 Å². The number of carbonyl (C=O) groups is 1. The summed E-state index contributed by atoms with van der Waals surface area (Å²) in [6.07, 6.45) is 1.45. The maximum absolute atomic E-state index is 12.7. The molecule has 0 saturated carbocycles. The fourth-order valence-electron chi connectivity index (χ4n) is 3.16. The topological polar surface area (TPSA) is 81.3 Å². The van der Waals surface area contributed by atoms with Gasteiger partial charge in [-0.05, 0) is 17.5 Å². The first-order valence-electron chi connectivity index (χ1n) is 9.44. The van der Waals surface area contributed by atoms with Gasteiger partial charge in [-0.3, -0.25) is 9.59 Å². The summed E-state index contributed by atoms with van der Waals surface area (Å²) in [7, 11) is 0. The third kappa shape index (κ3) is 4.08. The van der Waals surface area contributed by atoms with E-state index in [1.165, 1.54) is 10.8 Å². The zero-order chi connectivity index (χ0) is 20.2. The summed E-state index contributed by atoms with van der Waals surface area (Å²) in [6, 6.07) is 21.3. The summed E-state index contributed by atoms with van der Waals surface area (Å²) in [4.78, 5) is 25.1. The van der Waals surface area contributed by atoms with Gasteiger partial charge >= 0.3 is 0 Å². The van der Waals surface area contributed by atoms with Crippen LogP contribution in [-0.4, -0.2) is 31.8 Å². The maximum atomic E-state index is 12.7. The Hall–Kier alpha value is -3.74. The molecule has 0 spiro atoms. The first-order valence-corrected chi connectivity index (χ1v) is 9.44. The minimum atomic E-state index is -0.353. The van der Waals surface area contributed by atoms with E-state index in [9.17, 15) is 9.59 Å². The van der Waals surface area contributed by atoms with Crippen molar-refractivity contribution in [1.29, 1.82) is 0 Å². The Morgan fingerprint density at radius 2 is 1.76 bits per heavy atom. The number of carbonyl (C=O) groups excluding carboxylic acids is 1. The highest BCUT2D eigenvalue weighted by Crippen LogP contribution is 2.17. The SMILES string of the molecule is C[C@@H](CNC(=O)Cn1ncn2nc(-c3ccccc3)cc2c1=O)c1ccccc1. The smallest absolute Gasteiger partial charge is 0.293 e. The number of amides is 1. The first kappa shape index (κ1) is 18.6. The summed E-state index contributed by atoms with van der Waals surface area (Å²) < 4.78 is 2.60. The third-order valence-corrected chi connectivity index (χ3v) is 4.83. The fourth-order valence-corrected chi connectivity index (χ4v) is 3.16. The van der Waals surface area contributed by atoms with Crippen molar-refractivity contribution in [2.75, 3.05) is 6.54 Å². The lowest BCUT2D eigenvalue weighted by Crippen LogP contribution is -2.35. The van der Waals surface area contributed by atoms with Gasteiger partial charge in [0.1, 0.15) is 18.4 Å². The lowest BCUT2D eigenvalue weighted by atomic mass is 10.0. The van der Waals surface area contributed by atoms with Gasteiger partial charge in [0.15, 0.2) is 0 Å². The van der Waals surface area contributed by atoms with Crippen LogP contribution in [0.15, 0.2) is 77.9 Å². The van der Waals surface area contributed by atoms with Crippen LogP contribution in [0.25, 0.3) is 16.8 Å². The monoisotopic (exact) mass is 387 g/mol. The molecule has 7 heteroatoms. The minimum absolute atomic E-state index is 0.136. The van der Waals surface area contributed by atoms with E-state index >= 15 is 0 Å². The van der Waals surface area contributed by atoms with Crippen molar-refractivity contribution < 1.29 is 4.79 Å². The summed E-state index contributed by atoms with van der Waals surface area (Å²) in [6.45, 7) is 2.40. The quantitative estimate of drug-likeness (QED) is 0.551. The van der Waals surface area contributed by atoms with Crippen molar-refractivity contribution in [3.8, 4) is 11.3 Å². The van der Waals surface area contributed by atoms with Crippen molar-refractivity contribution in [1.82, 2.24) is 24.7 Å². The number of rotatable bonds is 6. The highest BCUT2D eigenvalue weighted by atomic mass is 16.2. The predicted octanol–water partition coefficient (Wildman–Crippen LogP) is 2.48. The average molecular weight is 387 g/mol. The molecule has 0 aliphatic rings. The standard InChI is InChI=1S/C22H21N5O2/c1-16(17-8-4-2-5-9-17)13-23-21(28)14-26-22(29)20-12-19(25-27(20)15-24-26)18-10-6-3-7-11-18/h2-12,15-16H,13-14H2,1H3,(H,23,28)/t16-/m0/s1. The van der Waals surface area contributed by atoms with Crippen LogP contribution in [0.2, 0.25) is 0 Å². The molecule has 4 aromatic rings. The normalized spacial score (nSPS) is 12.0. The van der Waals surface area contributed by atoms with Crippen molar-refractivity contribution >= 4 is 11.4 Å². The second kappa shape index (κ2) is 8.10. The van der Waals surface area contributed by atoms with Gasteiger partial charge in [0.25, 0.3) is 5.56 Å². The number of hydrogen-bond donors (Lipinski definition) is 1. The van der Waals surface area contributed by atoms with E-state index in [-0.39, 0.29) is 23.9 Å². The molecule has 0 fully saturated rings. The Kier molecular flexibility index (Phi) is 5.20. The molecule has 4 rings (SSSR count). The van der Waals surface area contributed by atoms with E-state index in [1.807, 2.05) is 67.6 Å². The fraction of sp³-hybridized carbons (Fsp3) is 0.182. The molecule has 0 saturated heterocycles. The summed E-state index contributed by atoms with van der Waals surface area (Å²) in [5.74, 6) is -0.0786. The van der Waals surface area contributed by atoms with E-state index in [2.05, 4.69) is 15.5 Å². The molecule has 0 radical (unpaired) electrons. The van der Waals surface area contributed by atoms with Crippen LogP contribution in [0.5, 0.6) is 0 Å². The first-order chi connectivity index (χ1) is 14.1. The van der Waals surface area contributed by atoms with E-state index in [1.54, 1.807) is 6.07 Å². The molecule has 29 heavy (non-hydrogen) atoms. The van der Waals surface area contributed by atoms with E-state index < -0.39 is 0 Å². The molecule has 1 N–H and O–H groups in total. The van der Waals surface area contributed by atoms with Gasteiger partial charge < -0.3 is 5.32 Å². The number of hydrogen-bond acceptors (Lipinski definition) is 4. The van der Waals surface area contributed by atoms with Crippen LogP contribution in [0.4, 0.5) is 0 Å². The molecule has 1 amide bonds. The van der Waals surface area contributed by atoms with Crippen LogP contribution in [0.1, 0.15) is 18.4 Å². The maximum Gasteiger partial charge on any atom is 0.293 e. The van der Waals surface area contributed by atoms with Crippen molar-refractivity contribution in [3.63, 3.8) is 0 Å². The van der Waals surface area contributed by atoms with Gasteiger partial charge in [0.2, 0.25) is 5.91 Å². The molecule has 0 aliphatic heterocycles. The van der Waals surface area contributed by atoms with E-state index in [0.29, 0.717) is 17.8 Å². The van der Waals surface area contributed by atoms with Crippen LogP contribution >= 0.6 is 0 Å². The van der Waals surface area contributed by atoms with Crippen molar-refractivity contribution in [3.05, 3.63) is 89.0 Å². The van der Waals surface area contributed by atoms with Crippen LogP contribution in [-0.2, 0) is 11.3 Å². The van der Waals surface area contributed by atoms with E-state index in [4.69, 9.17) is 0 Å². The van der Waals surface area contributed by atoms with Crippen LogP contribution in [0.3, 0.4) is 0 Å². The van der Waals surface area contributed by atoms with Crippen molar-refractivity contribution in [2.45, 2.75) is 19.4 Å². The number of benzene rings is 2. The Morgan fingerprint density at radius 3 is 2.48 bits per heavy atom. The Morgan fingerprint density at radius 1 is 1.07 bits per heavy atom. The van der Waals surface area contributed by atoms with Gasteiger partial charge in [-0.2, -0.15) is 10.2 Å². The lowest BCUT2D eigenvalue weighted by molar-refractivity contribution is -0.121.